The van der Waals surface area contributed by atoms with Gasteiger partial charge < -0.3 is 10.1 Å². The minimum atomic E-state index is -0.288. The summed E-state index contributed by atoms with van der Waals surface area (Å²) in [5.74, 6) is 0.573. The minimum Gasteiger partial charge on any atom is -0.494 e. The van der Waals surface area contributed by atoms with Gasteiger partial charge in [0.25, 0.3) is 0 Å². The van der Waals surface area contributed by atoms with Crippen molar-refractivity contribution in [3.8, 4) is 5.75 Å². The van der Waals surface area contributed by atoms with Crippen LogP contribution in [0.4, 0.5) is 10.5 Å². The zero-order valence-corrected chi connectivity index (χ0v) is 10.7. The molecule has 2 N–H and O–H groups in total. The molecule has 1 aromatic rings. The molecule has 0 fully saturated rings. The molecule has 0 saturated heterocycles. The molecule has 1 heterocycles. The molecule has 7 heteroatoms. The molecule has 1 aromatic carbocycles. The van der Waals surface area contributed by atoms with Crippen LogP contribution in [0.1, 0.15) is 0 Å². The number of halogens is 2. The number of benzene rings is 1. The molecule has 2 rings (SSSR count). The van der Waals surface area contributed by atoms with Crippen molar-refractivity contribution in [1.82, 2.24) is 4.72 Å². The van der Waals surface area contributed by atoms with Crippen molar-refractivity contribution in [2.75, 3.05) is 12.4 Å². The lowest BCUT2D eigenvalue weighted by Crippen LogP contribution is -2.27. The molecule has 1 aliphatic heterocycles. The van der Waals surface area contributed by atoms with Crippen molar-refractivity contribution < 1.29 is 9.53 Å². The maximum atomic E-state index is 11.1. The van der Waals surface area contributed by atoms with Gasteiger partial charge in [-0.2, -0.15) is 0 Å². The summed E-state index contributed by atoms with van der Waals surface area (Å²) in [6, 6.07) is 1.43. The van der Waals surface area contributed by atoms with Crippen LogP contribution < -0.4 is 14.8 Å². The van der Waals surface area contributed by atoms with E-state index >= 15 is 0 Å². The smallest absolute Gasteiger partial charge is 0.329 e. The lowest BCUT2D eigenvalue weighted by Gasteiger charge is -2.21. The highest BCUT2D eigenvalue weighted by atomic mass is 79.9. The summed E-state index contributed by atoms with van der Waals surface area (Å²) in [6.07, 6.45) is 0. The zero-order valence-electron chi connectivity index (χ0n) is 7.56. The third-order valence-corrected chi connectivity index (χ3v) is 4.10. The molecule has 1 aliphatic rings. The van der Waals surface area contributed by atoms with Crippen LogP contribution in [-0.2, 0) is 0 Å². The first-order valence-corrected chi connectivity index (χ1v) is 5.92. The van der Waals surface area contributed by atoms with Crippen molar-refractivity contribution in [3.63, 3.8) is 0 Å². The molecular weight excluding hydrogens is 304 g/mol. The number of carbonyl (C=O) groups is 1. The first-order chi connectivity index (χ1) is 7.13. The first kappa shape index (κ1) is 10.9. The fourth-order valence-corrected chi connectivity index (χ4v) is 2.69. The Labute approximate surface area is 104 Å². The van der Waals surface area contributed by atoms with Gasteiger partial charge in [0.15, 0.2) is 0 Å². The van der Waals surface area contributed by atoms with Gasteiger partial charge in [-0.15, -0.1) is 0 Å². The molecule has 0 aromatic heterocycles. The fraction of sp³-hybridized carbons (Fsp3) is 0.125. The van der Waals surface area contributed by atoms with E-state index in [0.717, 1.165) is 21.3 Å². The van der Waals surface area contributed by atoms with Crippen molar-refractivity contribution in [2.45, 2.75) is 4.90 Å². The van der Waals surface area contributed by atoms with E-state index in [1.807, 2.05) is 0 Å². The molecule has 2 amide bonds. The number of anilines is 1. The van der Waals surface area contributed by atoms with Crippen LogP contribution in [0.15, 0.2) is 15.4 Å². The third kappa shape index (κ3) is 1.89. The van der Waals surface area contributed by atoms with E-state index in [2.05, 4.69) is 26.0 Å². The summed E-state index contributed by atoms with van der Waals surface area (Å²) in [5.41, 5.74) is 0.597. The highest BCUT2D eigenvalue weighted by Gasteiger charge is 2.23. The molecule has 0 spiro atoms. The summed E-state index contributed by atoms with van der Waals surface area (Å²) in [7, 11) is 1.54. The number of hydrogen-bond donors (Lipinski definition) is 2. The average Bonchev–Trinajstić information content (AvgIpc) is 2.23. The van der Waals surface area contributed by atoms with Crippen LogP contribution >= 0.6 is 39.5 Å². The maximum Gasteiger partial charge on any atom is 0.329 e. The van der Waals surface area contributed by atoms with Crippen LogP contribution in [0.25, 0.3) is 0 Å². The van der Waals surface area contributed by atoms with E-state index in [4.69, 9.17) is 16.3 Å². The number of rotatable bonds is 1. The SMILES string of the molecule is COc1cc(Br)c(Cl)c2c1NC(=O)NS2. The quantitative estimate of drug-likeness (QED) is 0.783. The second-order valence-corrected chi connectivity index (χ2v) is 4.79. The normalized spacial score (nSPS) is 13.9. The summed E-state index contributed by atoms with van der Waals surface area (Å²) in [4.78, 5) is 11.9. The Morgan fingerprint density at radius 1 is 1.60 bits per heavy atom. The highest BCUT2D eigenvalue weighted by molar-refractivity contribution is 9.10. The van der Waals surface area contributed by atoms with E-state index < -0.39 is 0 Å². The van der Waals surface area contributed by atoms with Gasteiger partial charge >= 0.3 is 6.03 Å². The van der Waals surface area contributed by atoms with E-state index in [-0.39, 0.29) is 6.03 Å². The molecule has 0 bridgehead atoms. The van der Waals surface area contributed by atoms with Crippen molar-refractivity contribution >= 4 is 51.2 Å². The average molecular weight is 310 g/mol. The summed E-state index contributed by atoms with van der Waals surface area (Å²) in [6.45, 7) is 0. The van der Waals surface area contributed by atoms with Crippen LogP contribution in [0.5, 0.6) is 5.75 Å². The Bertz CT molecular complexity index is 441. The highest BCUT2D eigenvalue weighted by Crippen LogP contribution is 2.45. The topological polar surface area (TPSA) is 50.4 Å². The third-order valence-electron chi connectivity index (χ3n) is 1.84. The Morgan fingerprint density at radius 2 is 2.33 bits per heavy atom. The Morgan fingerprint density at radius 3 is 3.00 bits per heavy atom. The van der Waals surface area contributed by atoms with Gasteiger partial charge in [0, 0.05) is 4.47 Å². The van der Waals surface area contributed by atoms with E-state index in [9.17, 15) is 4.79 Å². The van der Waals surface area contributed by atoms with Gasteiger partial charge in [-0.1, -0.05) is 11.6 Å². The molecule has 15 heavy (non-hydrogen) atoms. The van der Waals surface area contributed by atoms with Crippen molar-refractivity contribution in [1.29, 1.82) is 0 Å². The Hall–Kier alpha value is -0.590. The number of amides is 2. The number of carbonyl (C=O) groups excluding carboxylic acids is 1. The lowest BCUT2D eigenvalue weighted by molar-refractivity contribution is 0.256. The Balaban J connectivity index is 2.61. The molecule has 0 atom stereocenters. The summed E-state index contributed by atoms with van der Waals surface area (Å²) >= 11 is 10.6. The standard InChI is InChI=1S/C8H6BrClN2O2S/c1-14-4-2-3(9)5(10)7-6(4)11-8(13)12-15-7/h2H,1H3,(H2,11,12,13). The van der Waals surface area contributed by atoms with Crippen LogP contribution in [0.3, 0.4) is 0 Å². The van der Waals surface area contributed by atoms with Gasteiger partial charge in [-0.25, -0.2) is 4.79 Å². The van der Waals surface area contributed by atoms with E-state index in [1.54, 1.807) is 6.07 Å². The van der Waals surface area contributed by atoms with Crippen LogP contribution in [-0.4, -0.2) is 13.1 Å². The van der Waals surface area contributed by atoms with Gasteiger partial charge in [-0.05, 0) is 33.9 Å². The van der Waals surface area contributed by atoms with Gasteiger partial charge in [0.1, 0.15) is 11.4 Å². The number of fused-ring (bicyclic) bond motifs is 1. The molecule has 0 saturated carbocycles. The lowest BCUT2D eigenvalue weighted by atomic mass is 10.3. The number of nitrogens with one attached hydrogen (secondary N) is 2. The predicted molar refractivity (Wildman–Crippen MR) is 63.7 cm³/mol. The number of ether oxygens (including phenoxy) is 1. The zero-order chi connectivity index (χ0) is 11.0. The second-order valence-electron chi connectivity index (χ2n) is 2.74. The van der Waals surface area contributed by atoms with E-state index in [1.165, 1.54) is 7.11 Å². The fourth-order valence-electron chi connectivity index (χ4n) is 1.19. The van der Waals surface area contributed by atoms with Crippen LogP contribution in [0.2, 0.25) is 5.02 Å². The van der Waals surface area contributed by atoms with E-state index in [0.29, 0.717) is 16.5 Å². The number of urea groups is 1. The molecule has 80 valence electrons. The van der Waals surface area contributed by atoms with Crippen molar-refractivity contribution in [2.24, 2.45) is 0 Å². The van der Waals surface area contributed by atoms with Gasteiger partial charge in [0.2, 0.25) is 0 Å². The number of hydrogen-bond acceptors (Lipinski definition) is 3. The predicted octanol–water partition coefficient (Wildman–Crippen LogP) is 3.25. The second kappa shape index (κ2) is 4.11. The summed E-state index contributed by atoms with van der Waals surface area (Å²) < 4.78 is 8.44. The van der Waals surface area contributed by atoms with Crippen LogP contribution in [0, 0.1) is 0 Å². The summed E-state index contributed by atoms with van der Waals surface area (Å²) in [5, 5.41) is 3.19. The van der Waals surface area contributed by atoms with Crippen molar-refractivity contribution in [3.05, 3.63) is 15.6 Å². The molecular formula is C8H6BrClN2O2S. The maximum absolute atomic E-state index is 11.1. The monoisotopic (exact) mass is 308 g/mol. The van der Waals surface area contributed by atoms with Gasteiger partial charge in [-0.3, -0.25) is 4.72 Å². The van der Waals surface area contributed by atoms with Gasteiger partial charge in [0.05, 0.1) is 17.0 Å². The largest absolute Gasteiger partial charge is 0.494 e. The molecule has 0 unspecified atom stereocenters. The molecule has 0 aliphatic carbocycles. The molecule has 0 radical (unpaired) electrons. The first-order valence-electron chi connectivity index (χ1n) is 3.93. The Kier molecular flexibility index (Phi) is 2.99. The molecule has 4 nitrogen and oxygen atoms in total. The number of methoxy groups -OCH3 is 1. The minimum absolute atomic E-state index is 0.288.